The summed E-state index contributed by atoms with van der Waals surface area (Å²) < 4.78 is 29.3. The van der Waals surface area contributed by atoms with Gasteiger partial charge in [0, 0.05) is 0 Å². The molecule has 0 spiro atoms. The molecule has 0 aromatic heterocycles. The van der Waals surface area contributed by atoms with Crippen molar-refractivity contribution in [3.05, 3.63) is 45.3 Å². The number of epoxide rings is 2. The quantitative estimate of drug-likeness (QED) is 0.528. The lowest BCUT2D eigenvalue weighted by molar-refractivity contribution is 0.261. The first-order chi connectivity index (χ1) is 12.2. The highest BCUT2D eigenvalue weighted by Crippen LogP contribution is 2.35. The van der Waals surface area contributed by atoms with Crippen molar-refractivity contribution in [3.63, 3.8) is 0 Å². The van der Waals surface area contributed by atoms with Crippen LogP contribution in [0.15, 0.2) is 45.3 Å². The molecule has 2 aromatic rings. The van der Waals surface area contributed by atoms with Crippen molar-refractivity contribution in [2.24, 2.45) is 0 Å². The van der Waals surface area contributed by atoms with E-state index in [1.54, 1.807) is 0 Å². The molecule has 2 unspecified atom stereocenters. The highest BCUT2D eigenvalue weighted by Gasteiger charge is 2.24. The molecule has 2 aliphatic rings. The zero-order chi connectivity index (χ0) is 17.2. The normalized spacial score (nSPS) is 20.9. The molecule has 4 rings (SSSR count). The molecule has 0 N–H and O–H groups in total. The maximum Gasteiger partial charge on any atom is 0.133 e. The Bertz CT molecular complexity index is 696. The SMILES string of the molecule is Brc1cc(Oc2ccc(OCC3CO3)c(Br)c2)ccc1OCC1CO1. The summed E-state index contributed by atoms with van der Waals surface area (Å²) in [5, 5.41) is 0. The van der Waals surface area contributed by atoms with E-state index in [1.807, 2.05) is 36.4 Å². The minimum absolute atomic E-state index is 0.229. The minimum Gasteiger partial charge on any atom is -0.490 e. The van der Waals surface area contributed by atoms with Gasteiger partial charge in [0.2, 0.25) is 0 Å². The number of rotatable bonds is 8. The van der Waals surface area contributed by atoms with E-state index in [4.69, 9.17) is 23.7 Å². The second kappa shape index (κ2) is 7.53. The van der Waals surface area contributed by atoms with Crippen molar-refractivity contribution in [1.29, 1.82) is 0 Å². The topological polar surface area (TPSA) is 52.8 Å². The van der Waals surface area contributed by atoms with Crippen molar-refractivity contribution in [1.82, 2.24) is 0 Å². The molecule has 2 aromatic carbocycles. The van der Waals surface area contributed by atoms with Crippen LogP contribution in [-0.2, 0) is 9.47 Å². The van der Waals surface area contributed by atoms with E-state index >= 15 is 0 Å². The van der Waals surface area contributed by atoms with Gasteiger partial charge in [-0.05, 0) is 68.3 Å². The van der Waals surface area contributed by atoms with Crippen LogP contribution in [0.4, 0.5) is 0 Å². The van der Waals surface area contributed by atoms with Crippen LogP contribution >= 0.6 is 31.9 Å². The van der Waals surface area contributed by atoms with Gasteiger partial charge in [0.15, 0.2) is 0 Å². The molecule has 2 atom stereocenters. The van der Waals surface area contributed by atoms with Gasteiger partial charge in [0.1, 0.15) is 48.4 Å². The first-order valence-corrected chi connectivity index (χ1v) is 9.52. The summed E-state index contributed by atoms with van der Waals surface area (Å²) in [7, 11) is 0. The summed E-state index contributed by atoms with van der Waals surface area (Å²) >= 11 is 7.02. The molecule has 0 saturated carbocycles. The number of halogens is 2. The lowest BCUT2D eigenvalue weighted by Crippen LogP contribution is -2.04. The van der Waals surface area contributed by atoms with Crippen LogP contribution in [0.5, 0.6) is 23.0 Å². The summed E-state index contributed by atoms with van der Waals surface area (Å²) in [4.78, 5) is 0. The number of hydrogen-bond donors (Lipinski definition) is 0. The van der Waals surface area contributed by atoms with Crippen LogP contribution in [0.2, 0.25) is 0 Å². The first-order valence-electron chi connectivity index (χ1n) is 7.93. The molecule has 0 bridgehead atoms. The average molecular weight is 472 g/mol. The van der Waals surface area contributed by atoms with Crippen LogP contribution in [-0.4, -0.2) is 38.6 Å². The van der Waals surface area contributed by atoms with Crippen molar-refractivity contribution in [2.75, 3.05) is 26.4 Å². The Hall–Kier alpha value is -1.28. The van der Waals surface area contributed by atoms with Gasteiger partial charge in [-0.15, -0.1) is 0 Å². The Morgan fingerprint density at radius 2 is 1.24 bits per heavy atom. The smallest absolute Gasteiger partial charge is 0.133 e. The van der Waals surface area contributed by atoms with Crippen molar-refractivity contribution in [2.45, 2.75) is 12.2 Å². The number of hydrogen-bond acceptors (Lipinski definition) is 5. The van der Waals surface area contributed by atoms with Gasteiger partial charge in [0.25, 0.3) is 0 Å². The summed E-state index contributed by atoms with van der Waals surface area (Å²) in [6.45, 7) is 2.69. The van der Waals surface area contributed by atoms with Gasteiger partial charge in [-0.25, -0.2) is 0 Å². The lowest BCUT2D eigenvalue weighted by Gasteiger charge is -2.12. The van der Waals surface area contributed by atoms with E-state index < -0.39 is 0 Å². The second-order valence-electron chi connectivity index (χ2n) is 5.82. The molecule has 2 saturated heterocycles. The molecule has 2 aliphatic heterocycles. The van der Waals surface area contributed by atoms with Crippen LogP contribution in [0, 0.1) is 0 Å². The van der Waals surface area contributed by atoms with Gasteiger partial charge in [-0.3, -0.25) is 0 Å². The third-order valence-electron chi connectivity index (χ3n) is 3.70. The third kappa shape index (κ3) is 4.88. The van der Waals surface area contributed by atoms with Gasteiger partial charge < -0.3 is 23.7 Å². The van der Waals surface area contributed by atoms with Crippen molar-refractivity contribution >= 4 is 31.9 Å². The molecule has 0 aliphatic carbocycles. The molecular weight excluding hydrogens is 456 g/mol. The number of ether oxygens (including phenoxy) is 5. The van der Waals surface area contributed by atoms with Gasteiger partial charge in [0.05, 0.1) is 22.2 Å². The first kappa shape index (κ1) is 17.1. The van der Waals surface area contributed by atoms with E-state index in [-0.39, 0.29) is 12.2 Å². The third-order valence-corrected chi connectivity index (χ3v) is 4.94. The zero-order valence-electron chi connectivity index (χ0n) is 13.2. The summed E-state index contributed by atoms with van der Waals surface area (Å²) in [5.74, 6) is 2.98. The largest absolute Gasteiger partial charge is 0.490 e. The molecule has 2 fully saturated rings. The molecule has 5 nitrogen and oxygen atoms in total. The van der Waals surface area contributed by atoms with E-state index in [0.717, 1.165) is 33.7 Å². The average Bonchev–Trinajstić information content (AvgIpc) is 3.48. The Kier molecular flexibility index (Phi) is 5.17. The summed E-state index contributed by atoms with van der Waals surface area (Å²) in [5.41, 5.74) is 0. The summed E-state index contributed by atoms with van der Waals surface area (Å²) in [6, 6.07) is 11.3. The van der Waals surface area contributed by atoms with Crippen LogP contribution in [0.1, 0.15) is 0 Å². The maximum atomic E-state index is 5.91. The second-order valence-corrected chi connectivity index (χ2v) is 7.53. The molecule has 132 valence electrons. The Labute approximate surface area is 162 Å². The highest BCUT2D eigenvalue weighted by molar-refractivity contribution is 9.10. The van der Waals surface area contributed by atoms with Crippen LogP contribution in [0.3, 0.4) is 0 Å². The Balaban J connectivity index is 1.38. The van der Waals surface area contributed by atoms with Crippen LogP contribution in [0.25, 0.3) is 0 Å². The van der Waals surface area contributed by atoms with E-state index in [1.165, 1.54) is 0 Å². The molecule has 0 radical (unpaired) electrons. The molecule has 0 amide bonds. The lowest BCUT2D eigenvalue weighted by atomic mass is 10.3. The molecule has 25 heavy (non-hydrogen) atoms. The molecule has 2 heterocycles. The van der Waals surface area contributed by atoms with Crippen molar-refractivity contribution in [3.8, 4) is 23.0 Å². The van der Waals surface area contributed by atoms with Gasteiger partial charge >= 0.3 is 0 Å². The minimum atomic E-state index is 0.229. The van der Waals surface area contributed by atoms with Gasteiger partial charge in [-0.1, -0.05) is 0 Å². The van der Waals surface area contributed by atoms with E-state index in [9.17, 15) is 0 Å². The van der Waals surface area contributed by atoms with Crippen LogP contribution < -0.4 is 14.2 Å². The summed E-state index contributed by atoms with van der Waals surface area (Å²) in [6.07, 6.45) is 0.458. The van der Waals surface area contributed by atoms with Gasteiger partial charge in [-0.2, -0.15) is 0 Å². The Morgan fingerprint density at radius 1 is 0.800 bits per heavy atom. The highest BCUT2D eigenvalue weighted by atomic mass is 79.9. The number of benzene rings is 2. The fourth-order valence-corrected chi connectivity index (χ4v) is 3.10. The fraction of sp³-hybridized carbons (Fsp3) is 0.333. The predicted molar refractivity (Wildman–Crippen MR) is 98.8 cm³/mol. The molecular formula is C18H16Br2O5. The van der Waals surface area contributed by atoms with Crippen molar-refractivity contribution < 1.29 is 23.7 Å². The Morgan fingerprint density at radius 3 is 1.60 bits per heavy atom. The monoisotopic (exact) mass is 470 g/mol. The standard InChI is InChI=1S/C18H16Br2O5/c19-15-5-11(1-3-17(15)23-9-13-7-21-13)25-12-2-4-18(16(20)6-12)24-10-14-8-22-14/h1-6,13-14H,7-10H2. The van der Waals surface area contributed by atoms with E-state index in [0.29, 0.717) is 24.7 Å². The molecule has 7 heteroatoms. The fourth-order valence-electron chi connectivity index (χ4n) is 2.15. The maximum absolute atomic E-state index is 5.91. The predicted octanol–water partition coefficient (Wildman–Crippen LogP) is 4.56. The zero-order valence-corrected chi connectivity index (χ0v) is 16.4. The van der Waals surface area contributed by atoms with E-state index in [2.05, 4.69) is 31.9 Å².